The fourth-order valence-corrected chi connectivity index (χ4v) is 1.63. The van der Waals surface area contributed by atoms with Gasteiger partial charge in [-0.15, -0.1) is 0 Å². The molecule has 1 N–H and O–H groups in total. The van der Waals surface area contributed by atoms with Crippen molar-refractivity contribution in [3.63, 3.8) is 0 Å². The zero-order chi connectivity index (χ0) is 12.7. The van der Waals surface area contributed by atoms with E-state index in [-0.39, 0.29) is 24.8 Å². The molecule has 0 saturated heterocycles. The van der Waals surface area contributed by atoms with E-state index < -0.39 is 0 Å². The van der Waals surface area contributed by atoms with E-state index in [1.807, 2.05) is 18.2 Å². The molecule has 0 heterocycles. The van der Waals surface area contributed by atoms with Gasteiger partial charge in [0.05, 0.1) is 13.5 Å². The molecule has 1 aromatic carbocycles. The predicted octanol–water partition coefficient (Wildman–Crippen LogP) is 1.87. The molecular weight excluding hydrogens is 286 g/mol. The molecule has 1 aromatic rings. The zero-order valence-corrected chi connectivity index (χ0v) is 11.1. The number of carbonyl (C=O) groups is 2. The van der Waals surface area contributed by atoms with E-state index in [1.165, 1.54) is 7.11 Å². The first-order chi connectivity index (χ1) is 8.17. The highest BCUT2D eigenvalue weighted by Gasteiger charge is 2.06. The minimum absolute atomic E-state index is 0.181. The average Bonchev–Trinajstić information content (AvgIpc) is 2.38. The Labute approximate surface area is 108 Å². The highest BCUT2D eigenvalue weighted by Crippen LogP contribution is 2.08. The molecule has 0 spiro atoms. The lowest BCUT2D eigenvalue weighted by Gasteiger charge is -2.05. The molecule has 1 rings (SSSR count). The molecule has 0 saturated carbocycles. The first-order valence-electron chi connectivity index (χ1n) is 5.17. The van der Waals surface area contributed by atoms with Crippen molar-refractivity contribution >= 4 is 27.8 Å². The summed E-state index contributed by atoms with van der Waals surface area (Å²) in [6.07, 6.45) is 0.181. The molecule has 0 aromatic heterocycles. The van der Waals surface area contributed by atoms with Crippen LogP contribution in [-0.4, -0.2) is 25.5 Å². The molecule has 4 nitrogen and oxygen atoms in total. The number of benzene rings is 1. The number of amides is 1. The average molecular weight is 300 g/mol. The molecule has 0 radical (unpaired) electrons. The number of carbonyl (C=O) groups excluding carboxylic acids is 2. The third-order valence-corrected chi connectivity index (χ3v) is 2.83. The van der Waals surface area contributed by atoms with Crippen molar-refractivity contribution in [2.45, 2.75) is 11.8 Å². The highest BCUT2D eigenvalue weighted by molar-refractivity contribution is 9.08. The number of alkyl halides is 1. The fraction of sp³-hybridized carbons (Fsp3) is 0.333. The lowest BCUT2D eigenvalue weighted by molar-refractivity contribution is -0.140. The minimum Gasteiger partial charge on any atom is -0.469 e. The first kappa shape index (κ1) is 13.7. The van der Waals surface area contributed by atoms with Crippen molar-refractivity contribution in [3.05, 3.63) is 35.4 Å². The Morgan fingerprint density at radius 3 is 2.82 bits per heavy atom. The second kappa shape index (κ2) is 7.06. The predicted molar refractivity (Wildman–Crippen MR) is 68.0 cm³/mol. The molecule has 1 amide bonds. The fourth-order valence-electron chi connectivity index (χ4n) is 1.28. The van der Waals surface area contributed by atoms with Crippen LogP contribution in [0.3, 0.4) is 0 Å². The molecule has 92 valence electrons. The lowest BCUT2D eigenvalue weighted by atomic mass is 10.1. The first-order valence-corrected chi connectivity index (χ1v) is 6.29. The molecular formula is C12H14BrNO3. The van der Waals surface area contributed by atoms with Crippen LogP contribution in [0.1, 0.15) is 22.3 Å². The van der Waals surface area contributed by atoms with Gasteiger partial charge in [-0.3, -0.25) is 9.59 Å². The van der Waals surface area contributed by atoms with Gasteiger partial charge in [-0.2, -0.15) is 0 Å². The van der Waals surface area contributed by atoms with E-state index in [4.69, 9.17) is 0 Å². The Bertz CT molecular complexity index is 406. The second-order valence-corrected chi connectivity index (χ2v) is 3.98. The Morgan fingerprint density at radius 2 is 2.18 bits per heavy atom. The van der Waals surface area contributed by atoms with Gasteiger partial charge < -0.3 is 10.1 Å². The summed E-state index contributed by atoms with van der Waals surface area (Å²) < 4.78 is 4.48. The standard InChI is InChI=1S/C12H14BrNO3/c1-17-11(15)5-6-14-12(16)10-4-2-3-9(7-10)8-13/h2-4,7H,5-6,8H2,1H3,(H,14,16). The summed E-state index contributed by atoms with van der Waals surface area (Å²) in [5, 5.41) is 3.37. The summed E-state index contributed by atoms with van der Waals surface area (Å²) in [4.78, 5) is 22.6. The molecule has 0 unspecified atom stereocenters. The molecule has 0 atom stereocenters. The van der Waals surface area contributed by atoms with Crippen LogP contribution in [0, 0.1) is 0 Å². The number of esters is 1. The largest absolute Gasteiger partial charge is 0.469 e. The zero-order valence-electron chi connectivity index (χ0n) is 9.53. The second-order valence-electron chi connectivity index (χ2n) is 3.42. The van der Waals surface area contributed by atoms with Crippen LogP contribution in [-0.2, 0) is 14.9 Å². The maximum atomic E-state index is 11.7. The SMILES string of the molecule is COC(=O)CCNC(=O)c1cccc(CBr)c1. The number of hydrogen-bond acceptors (Lipinski definition) is 3. The molecule has 0 aliphatic carbocycles. The minimum atomic E-state index is -0.334. The molecule has 5 heteroatoms. The monoisotopic (exact) mass is 299 g/mol. The Kier molecular flexibility index (Phi) is 5.69. The van der Waals surface area contributed by atoms with Crippen molar-refractivity contribution in [2.75, 3.05) is 13.7 Å². The van der Waals surface area contributed by atoms with Gasteiger partial charge in [0.2, 0.25) is 0 Å². The topological polar surface area (TPSA) is 55.4 Å². The van der Waals surface area contributed by atoms with E-state index in [9.17, 15) is 9.59 Å². The van der Waals surface area contributed by atoms with Crippen LogP contribution in [0.5, 0.6) is 0 Å². The van der Waals surface area contributed by atoms with Gasteiger partial charge in [-0.05, 0) is 17.7 Å². The third-order valence-electron chi connectivity index (χ3n) is 2.19. The van der Waals surface area contributed by atoms with Gasteiger partial charge in [0.25, 0.3) is 5.91 Å². The van der Waals surface area contributed by atoms with Crippen LogP contribution in [0.2, 0.25) is 0 Å². The van der Waals surface area contributed by atoms with Crippen LogP contribution >= 0.6 is 15.9 Å². The van der Waals surface area contributed by atoms with Crippen molar-refractivity contribution in [1.29, 1.82) is 0 Å². The quantitative estimate of drug-likeness (QED) is 0.667. The van der Waals surface area contributed by atoms with Gasteiger partial charge >= 0.3 is 5.97 Å². The summed E-state index contributed by atoms with van der Waals surface area (Å²) in [7, 11) is 1.32. The maximum absolute atomic E-state index is 11.7. The summed E-state index contributed by atoms with van der Waals surface area (Å²) in [6.45, 7) is 0.282. The van der Waals surface area contributed by atoms with Gasteiger partial charge in [-0.1, -0.05) is 28.1 Å². The number of ether oxygens (including phenoxy) is 1. The smallest absolute Gasteiger partial charge is 0.307 e. The lowest BCUT2D eigenvalue weighted by Crippen LogP contribution is -2.26. The molecule has 0 bridgehead atoms. The van der Waals surface area contributed by atoms with Crippen molar-refractivity contribution in [3.8, 4) is 0 Å². The Hall–Kier alpha value is -1.36. The van der Waals surface area contributed by atoms with Crippen molar-refractivity contribution in [2.24, 2.45) is 0 Å². The summed E-state index contributed by atoms with van der Waals surface area (Å²) >= 11 is 3.33. The number of hydrogen-bond donors (Lipinski definition) is 1. The van der Waals surface area contributed by atoms with E-state index in [2.05, 4.69) is 26.0 Å². The van der Waals surface area contributed by atoms with Gasteiger partial charge in [0.15, 0.2) is 0 Å². The van der Waals surface area contributed by atoms with Crippen molar-refractivity contribution < 1.29 is 14.3 Å². The Morgan fingerprint density at radius 1 is 1.41 bits per heavy atom. The summed E-state index contributed by atoms with van der Waals surface area (Å²) in [5.74, 6) is -0.517. The summed E-state index contributed by atoms with van der Waals surface area (Å²) in [5.41, 5.74) is 1.62. The highest BCUT2D eigenvalue weighted by atomic mass is 79.9. The van der Waals surface area contributed by atoms with Crippen molar-refractivity contribution in [1.82, 2.24) is 5.32 Å². The number of nitrogens with one attached hydrogen (secondary N) is 1. The maximum Gasteiger partial charge on any atom is 0.307 e. The van der Waals surface area contributed by atoms with Crippen LogP contribution < -0.4 is 5.32 Å². The number of rotatable bonds is 5. The van der Waals surface area contributed by atoms with Crippen LogP contribution in [0.25, 0.3) is 0 Å². The van der Waals surface area contributed by atoms with Gasteiger partial charge in [0, 0.05) is 17.4 Å². The molecule has 0 aliphatic heterocycles. The van der Waals surface area contributed by atoms with E-state index >= 15 is 0 Å². The van der Waals surface area contributed by atoms with Crippen LogP contribution in [0.4, 0.5) is 0 Å². The number of methoxy groups -OCH3 is 1. The number of halogens is 1. The molecule has 0 aliphatic rings. The van der Waals surface area contributed by atoms with Gasteiger partial charge in [-0.25, -0.2) is 0 Å². The Balaban J connectivity index is 2.49. The summed E-state index contributed by atoms with van der Waals surface area (Å²) in [6, 6.07) is 7.30. The van der Waals surface area contributed by atoms with Crippen LogP contribution in [0.15, 0.2) is 24.3 Å². The van der Waals surface area contributed by atoms with E-state index in [0.29, 0.717) is 10.9 Å². The molecule has 0 fully saturated rings. The third kappa shape index (κ3) is 4.56. The molecule has 17 heavy (non-hydrogen) atoms. The van der Waals surface area contributed by atoms with E-state index in [0.717, 1.165) is 5.56 Å². The van der Waals surface area contributed by atoms with E-state index in [1.54, 1.807) is 6.07 Å². The van der Waals surface area contributed by atoms with Gasteiger partial charge in [0.1, 0.15) is 0 Å². The normalized spacial score (nSPS) is 9.76.